The number of benzene rings is 1. The molecule has 0 spiro atoms. The summed E-state index contributed by atoms with van der Waals surface area (Å²) in [4.78, 5) is 0. The number of nitrogens with two attached hydrogens (primary N) is 1. The third-order valence-corrected chi connectivity index (χ3v) is 1.70. The molecule has 1 radical (unpaired) electrons. The molecule has 1 aromatic carbocycles. The minimum atomic E-state index is -0.259. The summed E-state index contributed by atoms with van der Waals surface area (Å²) >= 11 is 0. The zero-order valence-corrected chi connectivity index (χ0v) is 8.46. The Morgan fingerprint density at radius 2 is 2.00 bits per heavy atom. The van der Waals surface area contributed by atoms with Crippen molar-refractivity contribution in [2.45, 2.75) is 12.6 Å². The quantitative estimate of drug-likeness (QED) is 0.753. The molecule has 0 bridgehead atoms. The van der Waals surface area contributed by atoms with Gasteiger partial charge in [0.15, 0.2) is 0 Å². The highest BCUT2D eigenvalue weighted by Gasteiger charge is 1.99. The first-order valence-electron chi connectivity index (χ1n) is 3.98. The van der Waals surface area contributed by atoms with Crippen molar-refractivity contribution in [1.82, 2.24) is 0 Å². The topological polar surface area (TPSA) is 35.2 Å². The summed E-state index contributed by atoms with van der Waals surface area (Å²) in [7, 11) is 1.60. The molecule has 0 aliphatic heterocycles. The monoisotopic (exact) mass is 200 g/mol. The van der Waals surface area contributed by atoms with Gasteiger partial charge in [0.05, 0.1) is 0 Å². The van der Waals surface area contributed by atoms with Crippen LogP contribution in [-0.4, -0.2) is 13.3 Å². The second-order valence-electron chi connectivity index (χ2n) is 2.63. The fourth-order valence-corrected chi connectivity index (χ4v) is 0.963. The summed E-state index contributed by atoms with van der Waals surface area (Å²) in [5.74, 6) is 0. The van der Waals surface area contributed by atoms with Crippen LogP contribution in [0.15, 0.2) is 30.3 Å². The molecule has 2 nitrogen and oxygen atoms in total. The maximum Gasteiger partial charge on any atom is 0.108 e. The molecule has 73 valence electrons. The standard InChI is InChI=1S/C10H14NO.ClH/c1-12-10(11)8-7-9-5-3-2-4-6-9;/h2-6,8,10H,7,11H2,1H3;1H/t10-;/m0./s1. The Labute approximate surface area is 85.5 Å². The van der Waals surface area contributed by atoms with Gasteiger partial charge < -0.3 is 10.5 Å². The molecule has 0 fully saturated rings. The molecule has 1 rings (SSSR count). The highest BCUT2D eigenvalue weighted by atomic mass is 35.5. The largest absolute Gasteiger partial charge is 0.367 e. The van der Waals surface area contributed by atoms with Crippen LogP contribution in [0.25, 0.3) is 0 Å². The Morgan fingerprint density at radius 3 is 2.54 bits per heavy atom. The van der Waals surface area contributed by atoms with Gasteiger partial charge in [-0.1, -0.05) is 30.3 Å². The van der Waals surface area contributed by atoms with Crippen LogP contribution in [0.3, 0.4) is 0 Å². The Hall–Kier alpha value is -0.570. The Morgan fingerprint density at radius 1 is 1.38 bits per heavy atom. The van der Waals surface area contributed by atoms with E-state index < -0.39 is 0 Å². The second-order valence-corrected chi connectivity index (χ2v) is 2.63. The first kappa shape index (κ1) is 12.4. The average Bonchev–Trinajstić information content (AvgIpc) is 2.16. The van der Waals surface area contributed by atoms with E-state index in [9.17, 15) is 0 Å². The van der Waals surface area contributed by atoms with E-state index in [2.05, 4.69) is 12.1 Å². The smallest absolute Gasteiger partial charge is 0.108 e. The number of ether oxygens (including phenoxy) is 1. The molecular formula is C10H15ClNO. The van der Waals surface area contributed by atoms with Crippen molar-refractivity contribution in [3.05, 3.63) is 42.3 Å². The number of hydrogen-bond donors (Lipinski definition) is 1. The van der Waals surface area contributed by atoms with E-state index in [4.69, 9.17) is 10.5 Å². The van der Waals surface area contributed by atoms with Crippen molar-refractivity contribution in [2.75, 3.05) is 7.11 Å². The van der Waals surface area contributed by atoms with Crippen molar-refractivity contribution in [3.8, 4) is 0 Å². The van der Waals surface area contributed by atoms with Crippen LogP contribution in [0.5, 0.6) is 0 Å². The molecular weight excluding hydrogens is 186 g/mol. The summed E-state index contributed by atoms with van der Waals surface area (Å²) in [6, 6.07) is 10.2. The molecule has 0 saturated heterocycles. The number of methoxy groups -OCH3 is 1. The average molecular weight is 201 g/mol. The lowest BCUT2D eigenvalue weighted by atomic mass is 10.1. The van der Waals surface area contributed by atoms with Gasteiger partial charge in [0.25, 0.3) is 0 Å². The summed E-state index contributed by atoms with van der Waals surface area (Å²) in [6.07, 6.45) is 2.54. The fraction of sp³-hybridized carbons (Fsp3) is 0.300. The molecule has 13 heavy (non-hydrogen) atoms. The highest BCUT2D eigenvalue weighted by Crippen LogP contribution is 2.02. The van der Waals surface area contributed by atoms with E-state index in [0.29, 0.717) is 0 Å². The highest BCUT2D eigenvalue weighted by molar-refractivity contribution is 5.85. The van der Waals surface area contributed by atoms with E-state index in [-0.39, 0.29) is 18.6 Å². The van der Waals surface area contributed by atoms with Crippen LogP contribution >= 0.6 is 12.4 Å². The normalized spacial score (nSPS) is 11.8. The SMILES string of the molecule is CO[C@H](N)[CH]Cc1ccccc1.Cl. The first-order valence-corrected chi connectivity index (χ1v) is 3.98. The molecule has 0 unspecified atom stereocenters. The minimum absolute atomic E-state index is 0. The predicted octanol–water partition coefficient (Wildman–Crippen LogP) is 1.79. The zero-order valence-electron chi connectivity index (χ0n) is 7.64. The summed E-state index contributed by atoms with van der Waals surface area (Å²) in [5, 5.41) is 0. The third kappa shape index (κ3) is 4.88. The van der Waals surface area contributed by atoms with Gasteiger partial charge in [-0.05, 0) is 12.0 Å². The number of hydrogen-bond acceptors (Lipinski definition) is 2. The maximum absolute atomic E-state index is 5.54. The molecule has 1 atom stereocenters. The van der Waals surface area contributed by atoms with Gasteiger partial charge in [-0.25, -0.2) is 0 Å². The van der Waals surface area contributed by atoms with E-state index in [1.807, 2.05) is 24.6 Å². The van der Waals surface area contributed by atoms with E-state index >= 15 is 0 Å². The van der Waals surface area contributed by atoms with Gasteiger partial charge >= 0.3 is 0 Å². The van der Waals surface area contributed by atoms with Gasteiger partial charge in [0.2, 0.25) is 0 Å². The minimum Gasteiger partial charge on any atom is -0.367 e. The van der Waals surface area contributed by atoms with Crippen LogP contribution in [-0.2, 0) is 11.2 Å². The Kier molecular flexibility index (Phi) is 6.59. The van der Waals surface area contributed by atoms with Crippen molar-refractivity contribution < 1.29 is 4.74 Å². The molecule has 0 aliphatic carbocycles. The van der Waals surface area contributed by atoms with Crippen molar-refractivity contribution in [2.24, 2.45) is 5.73 Å². The van der Waals surface area contributed by atoms with Crippen LogP contribution < -0.4 is 5.73 Å². The van der Waals surface area contributed by atoms with Gasteiger partial charge in [0, 0.05) is 13.5 Å². The van der Waals surface area contributed by atoms with Crippen molar-refractivity contribution in [1.29, 1.82) is 0 Å². The fourth-order valence-electron chi connectivity index (χ4n) is 0.963. The number of rotatable bonds is 4. The predicted molar refractivity (Wildman–Crippen MR) is 56.7 cm³/mol. The Bertz CT molecular complexity index is 215. The lowest BCUT2D eigenvalue weighted by Crippen LogP contribution is -2.23. The molecule has 0 aromatic heterocycles. The van der Waals surface area contributed by atoms with E-state index in [1.54, 1.807) is 7.11 Å². The second kappa shape index (κ2) is 6.89. The van der Waals surface area contributed by atoms with Crippen LogP contribution in [0.1, 0.15) is 5.56 Å². The molecule has 3 heteroatoms. The lowest BCUT2D eigenvalue weighted by molar-refractivity contribution is 0.132. The molecule has 0 heterocycles. The van der Waals surface area contributed by atoms with Crippen molar-refractivity contribution >= 4 is 12.4 Å². The van der Waals surface area contributed by atoms with Crippen LogP contribution in [0.2, 0.25) is 0 Å². The molecule has 2 N–H and O–H groups in total. The van der Waals surface area contributed by atoms with E-state index in [0.717, 1.165) is 6.42 Å². The summed E-state index contributed by atoms with van der Waals surface area (Å²) in [6.45, 7) is 0. The van der Waals surface area contributed by atoms with Crippen LogP contribution in [0, 0.1) is 6.42 Å². The third-order valence-electron chi connectivity index (χ3n) is 1.70. The zero-order chi connectivity index (χ0) is 8.81. The maximum atomic E-state index is 5.54. The molecule has 0 aliphatic rings. The summed E-state index contributed by atoms with van der Waals surface area (Å²) < 4.78 is 4.89. The molecule has 0 amide bonds. The van der Waals surface area contributed by atoms with Gasteiger partial charge in [0.1, 0.15) is 6.23 Å². The van der Waals surface area contributed by atoms with Gasteiger partial charge in [-0.2, -0.15) is 0 Å². The van der Waals surface area contributed by atoms with E-state index in [1.165, 1.54) is 5.56 Å². The van der Waals surface area contributed by atoms with Crippen molar-refractivity contribution in [3.63, 3.8) is 0 Å². The van der Waals surface area contributed by atoms with Gasteiger partial charge in [-0.3, -0.25) is 0 Å². The first-order chi connectivity index (χ1) is 5.83. The summed E-state index contributed by atoms with van der Waals surface area (Å²) in [5.41, 5.74) is 6.80. The lowest BCUT2D eigenvalue weighted by Gasteiger charge is -2.07. The van der Waals surface area contributed by atoms with Gasteiger partial charge in [-0.15, -0.1) is 12.4 Å². The van der Waals surface area contributed by atoms with Crippen LogP contribution in [0.4, 0.5) is 0 Å². The molecule has 0 saturated carbocycles. The number of halogens is 1. The molecule has 1 aromatic rings. The Balaban J connectivity index is 0.00000144.